The van der Waals surface area contributed by atoms with E-state index in [0.717, 1.165) is 27.5 Å². The van der Waals surface area contributed by atoms with E-state index in [2.05, 4.69) is 32.5 Å². The number of benzene rings is 2. The lowest BCUT2D eigenvalue weighted by molar-refractivity contribution is -0.118. The standard InChI is InChI=1S/C31H27N5O2S/c1-20-21(2)39-31(34-20)23-11-14-25(15-12-23)35-30(38)28(18-22-8-4-3-5-9-22)36-29(37)24-13-16-27(33-19-24)26-10-6-7-17-32-26/h3-17,19,28H,18H2,1-2H3,(H,35,38)(H,36,37). The highest BCUT2D eigenvalue weighted by Gasteiger charge is 2.23. The maximum absolute atomic E-state index is 13.4. The van der Waals surface area contributed by atoms with Crippen molar-refractivity contribution in [3.63, 3.8) is 0 Å². The molecule has 0 spiro atoms. The first kappa shape index (κ1) is 25.9. The van der Waals surface area contributed by atoms with E-state index in [1.165, 1.54) is 11.1 Å². The number of amides is 2. The highest BCUT2D eigenvalue weighted by Crippen LogP contribution is 2.28. The van der Waals surface area contributed by atoms with Crippen LogP contribution < -0.4 is 10.6 Å². The van der Waals surface area contributed by atoms with Crippen LogP contribution in [0.3, 0.4) is 0 Å². The molecule has 2 N–H and O–H groups in total. The van der Waals surface area contributed by atoms with Crippen LogP contribution in [-0.4, -0.2) is 32.8 Å². The Morgan fingerprint density at radius 3 is 2.23 bits per heavy atom. The maximum Gasteiger partial charge on any atom is 0.253 e. The third-order valence-electron chi connectivity index (χ3n) is 6.29. The molecule has 1 atom stereocenters. The summed E-state index contributed by atoms with van der Waals surface area (Å²) in [4.78, 5) is 41.0. The first-order valence-corrected chi connectivity index (χ1v) is 13.4. The average Bonchev–Trinajstić information content (AvgIpc) is 3.31. The van der Waals surface area contributed by atoms with Crippen molar-refractivity contribution >= 4 is 28.8 Å². The molecule has 2 aromatic carbocycles. The summed E-state index contributed by atoms with van der Waals surface area (Å²) in [7, 11) is 0. The molecule has 0 aliphatic rings. The molecule has 2 amide bonds. The first-order valence-electron chi connectivity index (χ1n) is 12.5. The van der Waals surface area contributed by atoms with Gasteiger partial charge in [-0.2, -0.15) is 0 Å². The molecule has 0 saturated heterocycles. The summed E-state index contributed by atoms with van der Waals surface area (Å²) in [6.45, 7) is 4.05. The van der Waals surface area contributed by atoms with Crippen LogP contribution in [0, 0.1) is 13.8 Å². The lowest BCUT2D eigenvalue weighted by atomic mass is 10.0. The molecule has 0 aliphatic carbocycles. The van der Waals surface area contributed by atoms with E-state index < -0.39 is 6.04 Å². The quantitative estimate of drug-likeness (QED) is 0.260. The number of aromatic nitrogens is 3. The number of aryl methyl sites for hydroxylation is 2. The number of hydrogen-bond acceptors (Lipinski definition) is 6. The Bertz CT molecular complexity index is 1550. The zero-order valence-corrected chi connectivity index (χ0v) is 22.4. The number of nitrogens with zero attached hydrogens (tertiary/aromatic N) is 3. The molecule has 5 rings (SSSR count). The van der Waals surface area contributed by atoms with Crippen LogP contribution in [-0.2, 0) is 11.2 Å². The lowest BCUT2D eigenvalue weighted by Gasteiger charge is -2.19. The summed E-state index contributed by atoms with van der Waals surface area (Å²) >= 11 is 1.64. The van der Waals surface area contributed by atoms with Crippen molar-refractivity contribution in [2.75, 3.05) is 5.32 Å². The largest absolute Gasteiger partial charge is 0.340 e. The molecule has 1 unspecified atom stereocenters. The predicted molar refractivity (Wildman–Crippen MR) is 155 cm³/mol. The van der Waals surface area contributed by atoms with Gasteiger partial charge < -0.3 is 10.6 Å². The molecule has 194 valence electrons. The molecule has 0 radical (unpaired) electrons. The summed E-state index contributed by atoms with van der Waals surface area (Å²) in [6, 6.07) is 25.4. The minimum atomic E-state index is -0.792. The Hall–Kier alpha value is -4.69. The number of hydrogen-bond donors (Lipinski definition) is 2. The smallest absolute Gasteiger partial charge is 0.253 e. The highest BCUT2D eigenvalue weighted by molar-refractivity contribution is 7.15. The fourth-order valence-corrected chi connectivity index (χ4v) is 4.94. The normalized spacial score (nSPS) is 11.5. The number of nitrogens with one attached hydrogen (secondary N) is 2. The second-order valence-electron chi connectivity index (χ2n) is 9.09. The van der Waals surface area contributed by atoms with Gasteiger partial charge in [-0.05, 0) is 67.9 Å². The van der Waals surface area contributed by atoms with Crippen LogP contribution in [0.1, 0.15) is 26.5 Å². The van der Waals surface area contributed by atoms with E-state index in [1.54, 1.807) is 29.7 Å². The molecule has 0 saturated carbocycles. The predicted octanol–water partition coefficient (Wildman–Crippen LogP) is 5.86. The first-order chi connectivity index (χ1) is 19.0. The lowest BCUT2D eigenvalue weighted by Crippen LogP contribution is -2.45. The second-order valence-corrected chi connectivity index (χ2v) is 10.3. The number of thiazole rings is 1. The van der Waals surface area contributed by atoms with Crippen molar-refractivity contribution < 1.29 is 9.59 Å². The van der Waals surface area contributed by atoms with Gasteiger partial charge in [-0.15, -0.1) is 11.3 Å². The van der Waals surface area contributed by atoms with Gasteiger partial charge in [-0.25, -0.2) is 4.98 Å². The van der Waals surface area contributed by atoms with Gasteiger partial charge >= 0.3 is 0 Å². The molecule has 39 heavy (non-hydrogen) atoms. The molecule has 0 bridgehead atoms. The Morgan fingerprint density at radius 1 is 0.846 bits per heavy atom. The van der Waals surface area contributed by atoms with Gasteiger partial charge in [0.15, 0.2) is 0 Å². The van der Waals surface area contributed by atoms with Crippen LogP contribution >= 0.6 is 11.3 Å². The molecule has 0 aliphatic heterocycles. The monoisotopic (exact) mass is 533 g/mol. The minimum absolute atomic E-state index is 0.307. The molecular weight excluding hydrogens is 506 g/mol. The fourth-order valence-electron chi connectivity index (χ4n) is 4.02. The van der Waals surface area contributed by atoms with Crippen molar-refractivity contribution in [1.82, 2.24) is 20.3 Å². The minimum Gasteiger partial charge on any atom is -0.340 e. The van der Waals surface area contributed by atoms with Gasteiger partial charge in [0, 0.05) is 34.9 Å². The van der Waals surface area contributed by atoms with Crippen molar-refractivity contribution in [2.45, 2.75) is 26.3 Å². The van der Waals surface area contributed by atoms with E-state index in [9.17, 15) is 9.59 Å². The van der Waals surface area contributed by atoms with Crippen molar-refractivity contribution in [1.29, 1.82) is 0 Å². The van der Waals surface area contributed by atoms with Crippen LogP contribution in [0.2, 0.25) is 0 Å². The van der Waals surface area contributed by atoms with Gasteiger partial charge in [-0.3, -0.25) is 19.6 Å². The number of rotatable bonds is 8. The van der Waals surface area contributed by atoms with Crippen LogP contribution in [0.4, 0.5) is 5.69 Å². The third-order valence-corrected chi connectivity index (χ3v) is 7.41. The van der Waals surface area contributed by atoms with E-state index in [4.69, 9.17) is 0 Å². The molecule has 3 aromatic heterocycles. The Labute approximate surface area is 231 Å². The molecule has 3 heterocycles. The Kier molecular flexibility index (Phi) is 7.84. The molecule has 7 nitrogen and oxygen atoms in total. The van der Waals surface area contributed by atoms with Gasteiger partial charge in [0.05, 0.1) is 22.6 Å². The van der Waals surface area contributed by atoms with Gasteiger partial charge in [0.2, 0.25) is 5.91 Å². The van der Waals surface area contributed by atoms with Crippen molar-refractivity contribution in [3.8, 4) is 22.0 Å². The van der Waals surface area contributed by atoms with Crippen molar-refractivity contribution in [3.05, 3.63) is 119 Å². The SMILES string of the molecule is Cc1nc(-c2ccc(NC(=O)C(Cc3ccccc3)NC(=O)c3ccc(-c4ccccn4)nc3)cc2)sc1C. The molecule has 0 fully saturated rings. The average molecular weight is 534 g/mol. The van der Waals surface area contributed by atoms with Gasteiger partial charge in [-0.1, -0.05) is 36.4 Å². The van der Waals surface area contributed by atoms with Crippen LogP contribution in [0.5, 0.6) is 0 Å². The summed E-state index contributed by atoms with van der Waals surface area (Å²) in [5, 5.41) is 6.79. The molecule has 5 aromatic rings. The van der Waals surface area contributed by atoms with Crippen LogP contribution in [0.15, 0.2) is 97.3 Å². The van der Waals surface area contributed by atoms with E-state index >= 15 is 0 Å². The molecule has 8 heteroatoms. The zero-order chi connectivity index (χ0) is 27.2. The number of anilines is 1. The fraction of sp³-hybridized carbons (Fsp3) is 0.129. The van der Waals surface area contributed by atoms with Gasteiger partial charge in [0.1, 0.15) is 11.0 Å². The van der Waals surface area contributed by atoms with Crippen LogP contribution in [0.25, 0.3) is 22.0 Å². The summed E-state index contributed by atoms with van der Waals surface area (Å²) < 4.78 is 0. The third kappa shape index (κ3) is 6.42. The summed E-state index contributed by atoms with van der Waals surface area (Å²) in [5.74, 6) is -0.685. The summed E-state index contributed by atoms with van der Waals surface area (Å²) in [5.41, 5.74) is 5.33. The molecular formula is C31H27N5O2S. The highest BCUT2D eigenvalue weighted by atomic mass is 32.1. The van der Waals surface area contributed by atoms with E-state index in [-0.39, 0.29) is 11.8 Å². The number of carbonyl (C=O) groups excluding carboxylic acids is 2. The van der Waals surface area contributed by atoms with Gasteiger partial charge in [0.25, 0.3) is 5.91 Å². The number of pyridine rings is 2. The zero-order valence-electron chi connectivity index (χ0n) is 21.6. The number of carbonyl (C=O) groups is 2. The summed E-state index contributed by atoms with van der Waals surface area (Å²) in [6.07, 6.45) is 3.53. The van der Waals surface area contributed by atoms with E-state index in [1.807, 2.05) is 79.7 Å². The second kappa shape index (κ2) is 11.8. The Balaban J connectivity index is 1.31. The van der Waals surface area contributed by atoms with E-state index in [0.29, 0.717) is 23.4 Å². The topological polar surface area (TPSA) is 96.9 Å². The maximum atomic E-state index is 13.4. The van der Waals surface area contributed by atoms with Crippen molar-refractivity contribution in [2.24, 2.45) is 0 Å². The Morgan fingerprint density at radius 2 is 1.59 bits per heavy atom.